The molecule has 0 radical (unpaired) electrons. The van der Waals surface area contributed by atoms with Gasteiger partial charge in [-0.2, -0.15) is 5.26 Å². The van der Waals surface area contributed by atoms with E-state index in [1.54, 1.807) is 0 Å². The maximum absolute atomic E-state index is 12.0. The van der Waals surface area contributed by atoms with Crippen LogP contribution < -0.4 is 4.72 Å². The molecule has 0 aliphatic carbocycles. The van der Waals surface area contributed by atoms with Crippen LogP contribution in [0.4, 0.5) is 0 Å². The maximum Gasteiger partial charge on any atom is 0.240 e. The predicted octanol–water partition coefficient (Wildman–Crippen LogP) is 2.47. The normalized spacial score (nSPS) is 11.0. The van der Waals surface area contributed by atoms with Crippen molar-refractivity contribution >= 4 is 10.0 Å². The van der Waals surface area contributed by atoms with E-state index >= 15 is 0 Å². The number of rotatable bonds is 6. The minimum Gasteiger partial charge on any atom is -0.211 e. The first-order chi connectivity index (χ1) is 10.1. The molecule has 0 aliphatic heterocycles. The molecule has 0 atom stereocenters. The highest BCUT2D eigenvalue weighted by atomic mass is 32.2. The topological polar surface area (TPSA) is 70.0 Å². The van der Waals surface area contributed by atoms with Crippen LogP contribution in [0.1, 0.15) is 17.5 Å². The fraction of sp³-hybridized carbons (Fsp3) is 0.188. The van der Waals surface area contributed by atoms with Crippen LogP contribution >= 0.6 is 0 Å². The minimum atomic E-state index is -3.50. The van der Waals surface area contributed by atoms with Crippen LogP contribution in [0.5, 0.6) is 0 Å². The van der Waals surface area contributed by atoms with E-state index in [1.807, 2.05) is 36.4 Å². The van der Waals surface area contributed by atoms with E-state index in [0.29, 0.717) is 12.1 Å². The van der Waals surface area contributed by atoms with Crippen LogP contribution in [-0.4, -0.2) is 15.0 Å². The lowest BCUT2D eigenvalue weighted by molar-refractivity contribution is 0.579. The van der Waals surface area contributed by atoms with Crippen LogP contribution in [0.15, 0.2) is 59.5 Å². The Morgan fingerprint density at radius 3 is 2.29 bits per heavy atom. The first-order valence-electron chi connectivity index (χ1n) is 6.65. The molecule has 0 fully saturated rings. The smallest absolute Gasteiger partial charge is 0.211 e. The largest absolute Gasteiger partial charge is 0.240 e. The summed E-state index contributed by atoms with van der Waals surface area (Å²) in [4.78, 5) is 0.182. The summed E-state index contributed by atoms with van der Waals surface area (Å²) in [5.41, 5.74) is 1.63. The van der Waals surface area contributed by atoms with Crippen molar-refractivity contribution < 1.29 is 8.42 Å². The van der Waals surface area contributed by atoms with Crippen molar-refractivity contribution in [2.45, 2.75) is 17.7 Å². The Balaban J connectivity index is 1.88. The van der Waals surface area contributed by atoms with E-state index in [1.165, 1.54) is 29.8 Å². The number of nitrogens with one attached hydrogen (secondary N) is 1. The highest BCUT2D eigenvalue weighted by molar-refractivity contribution is 7.89. The van der Waals surface area contributed by atoms with Gasteiger partial charge >= 0.3 is 0 Å². The second-order valence-electron chi connectivity index (χ2n) is 4.62. The molecule has 0 heterocycles. The van der Waals surface area contributed by atoms with E-state index in [2.05, 4.69) is 4.72 Å². The molecular formula is C16H16N2O2S. The zero-order chi connectivity index (χ0) is 15.1. The monoisotopic (exact) mass is 300 g/mol. The van der Waals surface area contributed by atoms with Gasteiger partial charge in [-0.1, -0.05) is 30.3 Å². The Hall–Kier alpha value is -2.16. The number of sulfonamides is 1. The molecule has 4 nitrogen and oxygen atoms in total. The maximum atomic E-state index is 12.0. The summed E-state index contributed by atoms with van der Waals surface area (Å²) in [5.74, 6) is 0. The first-order valence-corrected chi connectivity index (χ1v) is 8.14. The predicted molar refractivity (Wildman–Crippen MR) is 81.1 cm³/mol. The lowest BCUT2D eigenvalue weighted by Crippen LogP contribution is -2.25. The number of hydrogen-bond acceptors (Lipinski definition) is 3. The van der Waals surface area contributed by atoms with Gasteiger partial charge in [-0.3, -0.25) is 0 Å². The van der Waals surface area contributed by atoms with E-state index in [0.717, 1.165) is 12.8 Å². The highest BCUT2D eigenvalue weighted by Crippen LogP contribution is 2.10. The van der Waals surface area contributed by atoms with Crippen LogP contribution in [0.2, 0.25) is 0 Å². The summed E-state index contributed by atoms with van der Waals surface area (Å²) in [6.07, 6.45) is 1.57. The van der Waals surface area contributed by atoms with Gasteiger partial charge in [-0.25, -0.2) is 13.1 Å². The summed E-state index contributed by atoms with van der Waals surface area (Å²) in [6.45, 7) is 0.386. The SMILES string of the molecule is N#Cc1ccc(S(=O)(=O)NCCCc2ccccc2)cc1. The lowest BCUT2D eigenvalue weighted by Gasteiger charge is -2.07. The van der Waals surface area contributed by atoms with Gasteiger partial charge in [-0.05, 0) is 42.7 Å². The van der Waals surface area contributed by atoms with E-state index in [-0.39, 0.29) is 4.90 Å². The van der Waals surface area contributed by atoms with Gasteiger partial charge in [0.2, 0.25) is 10.0 Å². The molecule has 2 aromatic carbocycles. The zero-order valence-corrected chi connectivity index (χ0v) is 12.3. The van der Waals surface area contributed by atoms with Crippen molar-refractivity contribution in [2.24, 2.45) is 0 Å². The molecule has 5 heteroatoms. The summed E-state index contributed by atoms with van der Waals surface area (Å²) in [7, 11) is -3.50. The molecule has 1 N–H and O–H groups in total. The van der Waals surface area contributed by atoms with Gasteiger partial charge in [0.1, 0.15) is 0 Å². The van der Waals surface area contributed by atoms with Gasteiger partial charge < -0.3 is 0 Å². The van der Waals surface area contributed by atoms with Gasteiger partial charge in [-0.15, -0.1) is 0 Å². The van der Waals surface area contributed by atoms with Crippen molar-refractivity contribution in [3.05, 3.63) is 65.7 Å². The van der Waals surface area contributed by atoms with Crippen LogP contribution in [0.25, 0.3) is 0 Å². The average molecular weight is 300 g/mol. The molecule has 0 unspecified atom stereocenters. The average Bonchev–Trinajstić information content (AvgIpc) is 2.53. The molecule has 108 valence electrons. The third-order valence-electron chi connectivity index (χ3n) is 3.07. The molecule has 0 spiro atoms. The standard InChI is InChI=1S/C16H16N2O2S/c17-13-15-8-10-16(11-9-15)21(19,20)18-12-4-7-14-5-2-1-3-6-14/h1-3,5-6,8-11,18H,4,7,12H2. The highest BCUT2D eigenvalue weighted by Gasteiger charge is 2.12. The minimum absolute atomic E-state index is 0.182. The number of hydrogen-bond donors (Lipinski definition) is 1. The third kappa shape index (κ3) is 4.42. The Labute approximate surface area is 125 Å². The molecule has 0 saturated heterocycles. The molecule has 0 amide bonds. The van der Waals surface area contributed by atoms with E-state index in [4.69, 9.17) is 5.26 Å². The zero-order valence-electron chi connectivity index (χ0n) is 11.5. The third-order valence-corrected chi connectivity index (χ3v) is 4.55. The molecule has 0 saturated carbocycles. The number of nitriles is 1. The van der Waals surface area contributed by atoms with Crippen molar-refractivity contribution in [3.63, 3.8) is 0 Å². The van der Waals surface area contributed by atoms with Gasteiger partial charge in [0.05, 0.1) is 16.5 Å². The fourth-order valence-electron chi connectivity index (χ4n) is 1.94. The van der Waals surface area contributed by atoms with Crippen LogP contribution in [0.3, 0.4) is 0 Å². The van der Waals surface area contributed by atoms with E-state index < -0.39 is 10.0 Å². The van der Waals surface area contributed by atoms with Gasteiger partial charge in [0, 0.05) is 6.54 Å². The van der Waals surface area contributed by atoms with Gasteiger partial charge in [0.25, 0.3) is 0 Å². The summed E-state index contributed by atoms with van der Waals surface area (Å²) < 4.78 is 26.7. The quantitative estimate of drug-likeness (QED) is 0.833. The summed E-state index contributed by atoms with van der Waals surface area (Å²) >= 11 is 0. The van der Waals surface area contributed by atoms with Crippen LogP contribution in [0, 0.1) is 11.3 Å². The number of benzene rings is 2. The Morgan fingerprint density at radius 2 is 1.67 bits per heavy atom. The molecule has 0 aliphatic rings. The van der Waals surface area contributed by atoms with Crippen molar-refractivity contribution in [1.29, 1.82) is 5.26 Å². The summed E-state index contributed by atoms with van der Waals surface area (Å²) in [5, 5.41) is 8.70. The first kappa shape index (κ1) is 15.2. The fourth-order valence-corrected chi connectivity index (χ4v) is 3.01. The Bertz CT molecular complexity index is 717. The molecule has 0 bridgehead atoms. The molecular weight excluding hydrogens is 284 g/mol. The van der Waals surface area contributed by atoms with E-state index in [9.17, 15) is 8.42 Å². The van der Waals surface area contributed by atoms with Crippen molar-refractivity contribution in [2.75, 3.05) is 6.54 Å². The Morgan fingerprint density at radius 1 is 1.00 bits per heavy atom. The molecule has 2 aromatic rings. The molecule has 0 aromatic heterocycles. The van der Waals surface area contributed by atoms with Gasteiger partial charge in [0.15, 0.2) is 0 Å². The second-order valence-corrected chi connectivity index (χ2v) is 6.39. The summed E-state index contributed by atoms with van der Waals surface area (Å²) in [6, 6.07) is 17.8. The lowest BCUT2D eigenvalue weighted by atomic mass is 10.1. The number of aryl methyl sites for hydroxylation is 1. The molecule has 21 heavy (non-hydrogen) atoms. The second kappa shape index (κ2) is 7.02. The van der Waals surface area contributed by atoms with Crippen LogP contribution in [-0.2, 0) is 16.4 Å². The van der Waals surface area contributed by atoms with Crippen molar-refractivity contribution in [1.82, 2.24) is 4.72 Å². The number of nitrogens with zero attached hydrogens (tertiary/aromatic N) is 1. The molecule has 2 rings (SSSR count). The van der Waals surface area contributed by atoms with Crippen molar-refractivity contribution in [3.8, 4) is 6.07 Å². The Kier molecular flexibility index (Phi) is 5.09.